The summed E-state index contributed by atoms with van der Waals surface area (Å²) in [7, 11) is 0. The van der Waals surface area contributed by atoms with Gasteiger partial charge in [0, 0.05) is 42.5 Å². The van der Waals surface area contributed by atoms with Gasteiger partial charge in [0.25, 0.3) is 0 Å². The summed E-state index contributed by atoms with van der Waals surface area (Å²) in [6.07, 6.45) is 1.25. The van der Waals surface area contributed by atoms with E-state index in [0.29, 0.717) is 25.8 Å². The first-order valence-corrected chi connectivity index (χ1v) is 8.30. The van der Waals surface area contributed by atoms with E-state index in [1.165, 1.54) is 0 Å². The first kappa shape index (κ1) is 17.1. The smallest absolute Gasteiger partial charge is 0.308 e. The molecule has 3 unspecified atom stereocenters. The topological polar surface area (TPSA) is 153 Å². The summed E-state index contributed by atoms with van der Waals surface area (Å²) < 4.78 is 5.33. The minimum Gasteiger partial charge on any atom is -0.445 e. The molecule has 0 aliphatic carbocycles. The Labute approximate surface area is 135 Å². The van der Waals surface area contributed by atoms with Crippen molar-refractivity contribution >= 4 is 5.97 Å². The molecule has 3 saturated heterocycles. The molecule has 132 valence electrons. The molecule has 8 heteroatoms. The van der Waals surface area contributed by atoms with Crippen LogP contribution in [0.5, 0.6) is 0 Å². The van der Waals surface area contributed by atoms with E-state index in [-0.39, 0.29) is 49.5 Å². The second kappa shape index (κ2) is 6.62. The van der Waals surface area contributed by atoms with Gasteiger partial charge in [-0.1, -0.05) is 0 Å². The fraction of sp³-hybridized carbons (Fsp3) is 0.933. The number of carbonyl (C=O) groups is 1. The largest absolute Gasteiger partial charge is 0.445 e. The minimum absolute atomic E-state index is 0.147. The summed E-state index contributed by atoms with van der Waals surface area (Å²) in [6, 6.07) is 0.465. The summed E-state index contributed by atoms with van der Waals surface area (Å²) in [6.45, 7) is 1.61. The number of ether oxygens (including phenoxy) is 1. The van der Waals surface area contributed by atoms with Gasteiger partial charge >= 0.3 is 5.97 Å². The molecule has 3 rings (SSSR count). The van der Waals surface area contributed by atoms with E-state index in [0.717, 1.165) is 13.1 Å². The van der Waals surface area contributed by atoms with E-state index in [4.69, 9.17) is 4.74 Å². The Morgan fingerprint density at radius 3 is 1.87 bits per heavy atom. The van der Waals surface area contributed by atoms with Crippen LogP contribution in [-0.4, -0.2) is 79.1 Å². The van der Waals surface area contributed by atoms with E-state index in [2.05, 4.69) is 16.0 Å². The van der Waals surface area contributed by atoms with Crippen molar-refractivity contribution in [2.75, 3.05) is 39.5 Å². The van der Waals surface area contributed by atoms with Crippen LogP contribution >= 0.6 is 0 Å². The zero-order valence-corrected chi connectivity index (χ0v) is 13.3. The van der Waals surface area contributed by atoms with Gasteiger partial charge in [0.15, 0.2) is 6.23 Å². The summed E-state index contributed by atoms with van der Waals surface area (Å²) in [5.41, 5.74) is -1.20. The molecule has 8 nitrogen and oxygen atoms in total. The second-order valence-corrected chi connectivity index (χ2v) is 7.19. The van der Waals surface area contributed by atoms with Crippen molar-refractivity contribution in [1.29, 1.82) is 0 Å². The van der Waals surface area contributed by atoms with Crippen LogP contribution in [0.15, 0.2) is 0 Å². The van der Waals surface area contributed by atoms with Crippen LogP contribution in [0, 0.1) is 10.8 Å². The highest BCUT2D eigenvalue weighted by Gasteiger charge is 2.56. The molecule has 0 aromatic carbocycles. The predicted molar refractivity (Wildman–Crippen MR) is 81.4 cm³/mol. The molecule has 0 spiro atoms. The third kappa shape index (κ3) is 3.84. The van der Waals surface area contributed by atoms with Gasteiger partial charge in [-0.05, 0) is 12.8 Å². The number of carbonyl (C=O) groups excluding carboxylic acids is 1. The van der Waals surface area contributed by atoms with E-state index < -0.39 is 5.41 Å². The maximum absolute atomic E-state index is 12.2. The highest BCUT2D eigenvalue weighted by atomic mass is 16.6. The Bertz CT molecular complexity index is 411. The van der Waals surface area contributed by atoms with E-state index in [1.54, 1.807) is 0 Å². The van der Waals surface area contributed by atoms with Crippen LogP contribution in [0.3, 0.4) is 0 Å². The van der Waals surface area contributed by atoms with E-state index in [1.807, 2.05) is 0 Å². The van der Waals surface area contributed by atoms with Crippen molar-refractivity contribution in [2.24, 2.45) is 10.8 Å². The van der Waals surface area contributed by atoms with Crippen LogP contribution in [0.25, 0.3) is 0 Å². The van der Waals surface area contributed by atoms with Crippen molar-refractivity contribution in [3.63, 3.8) is 0 Å². The molecule has 0 bridgehead atoms. The van der Waals surface area contributed by atoms with Crippen LogP contribution in [0.2, 0.25) is 0 Å². The van der Waals surface area contributed by atoms with Gasteiger partial charge in [-0.15, -0.1) is 0 Å². The molecule has 3 aliphatic heterocycles. The number of rotatable bonds is 11. The number of hydrogen-bond donors (Lipinski definition) is 6. The SMILES string of the molecule is O=C(CC(CCC(CO)(CO)CO)(C1CN1)C1CN1)OC1CN1. The summed E-state index contributed by atoms with van der Waals surface area (Å²) in [4.78, 5) is 12.2. The van der Waals surface area contributed by atoms with Gasteiger partial charge in [0.05, 0.1) is 26.2 Å². The lowest BCUT2D eigenvalue weighted by molar-refractivity contribution is -0.148. The maximum atomic E-state index is 12.2. The fourth-order valence-corrected chi connectivity index (χ4v) is 3.34. The lowest BCUT2D eigenvalue weighted by atomic mass is 9.70. The normalized spacial score (nSPS) is 31.3. The molecule has 3 heterocycles. The average molecular weight is 329 g/mol. The quantitative estimate of drug-likeness (QED) is 0.180. The Kier molecular flexibility index (Phi) is 4.91. The second-order valence-electron chi connectivity index (χ2n) is 7.19. The van der Waals surface area contributed by atoms with Gasteiger partial charge in [-0.3, -0.25) is 10.1 Å². The molecule has 3 aliphatic rings. The van der Waals surface area contributed by atoms with Gasteiger partial charge < -0.3 is 30.7 Å². The number of esters is 1. The zero-order chi connectivity index (χ0) is 16.5. The summed E-state index contributed by atoms with van der Waals surface area (Å²) in [5.74, 6) is -0.218. The highest BCUT2D eigenvalue weighted by molar-refractivity contribution is 5.71. The van der Waals surface area contributed by atoms with Crippen LogP contribution in [-0.2, 0) is 9.53 Å². The highest BCUT2D eigenvalue weighted by Crippen LogP contribution is 2.45. The average Bonchev–Trinajstić information content (AvgIpc) is 3.42. The van der Waals surface area contributed by atoms with Gasteiger partial charge in [-0.25, -0.2) is 0 Å². The molecule has 3 atom stereocenters. The molecule has 0 amide bonds. The van der Waals surface area contributed by atoms with Crippen molar-refractivity contribution in [3.8, 4) is 0 Å². The van der Waals surface area contributed by atoms with Crippen LogP contribution < -0.4 is 16.0 Å². The summed E-state index contributed by atoms with van der Waals surface area (Å²) >= 11 is 0. The van der Waals surface area contributed by atoms with Gasteiger partial charge in [0.1, 0.15) is 0 Å². The zero-order valence-electron chi connectivity index (χ0n) is 13.3. The number of nitrogens with one attached hydrogen (secondary N) is 3. The monoisotopic (exact) mass is 329 g/mol. The lowest BCUT2D eigenvalue weighted by Gasteiger charge is -2.36. The molecule has 0 saturated carbocycles. The fourth-order valence-electron chi connectivity index (χ4n) is 3.34. The first-order valence-electron chi connectivity index (χ1n) is 8.30. The Morgan fingerprint density at radius 2 is 1.48 bits per heavy atom. The molecule has 0 aromatic rings. The number of aliphatic hydroxyl groups excluding tert-OH is 3. The third-order valence-corrected chi connectivity index (χ3v) is 5.45. The van der Waals surface area contributed by atoms with E-state index in [9.17, 15) is 20.1 Å². The van der Waals surface area contributed by atoms with E-state index >= 15 is 0 Å². The molecule has 23 heavy (non-hydrogen) atoms. The molecular formula is C15H27N3O5. The Balaban J connectivity index is 1.68. The molecular weight excluding hydrogens is 302 g/mol. The minimum atomic E-state index is -0.906. The Morgan fingerprint density at radius 1 is 0.957 bits per heavy atom. The number of hydrogen-bond acceptors (Lipinski definition) is 8. The van der Waals surface area contributed by atoms with Gasteiger partial charge in [-0.2, -0.15) is 0 Å². The lowest BCUT2D eigenvalue weighted by Crippen LogP contribution is -2.43. The first-order chi connectivity index (χ1) is 11.1. The van der Waals surface area contributed by atoms with Crippen molar-refractivity contribution in [1.82, 2.24) is 16.0 Å². The van der Waals surface area contributed by atoms with Gasteiger partial charge in [0.2, 0.25) is 0 Å². The van der Waals surface area contributed by atoms with Crippen molar-refractivity contribution in [2.45, 2.75) is 37.6 Å². The molecule has 3 fully saturated rings. The van der Waals surface area contributed by atoms with Crippen LogP contribution in [0.1, 0.15) is 19.3 Å². The standard InChI is InChI=1S/C15H27N3O5/c19-7-14(8-20,9-21)1-2-15(10-4-16-10,11-5-17-11)3-13(22)23-12-6-18-12/h10-12,16-21H,1-9H2. The Hall–Kier alpha value is -0.770. The maximum Gasteiger partial charge on any atom is 0.308 e. The molecule has 0 aromatic heterocycles. The number of aliphatic hydroxyl groups is 3. The third-order valence-electron chi connectivity index (χ3n) is 5.45. The summed E-state index contributed by atoms with van der Waals surface area (Å²) in [5, 5.41) is 38.2. The van der Waals surface area contributed by atoms with Crippen LogP contribution in [0.4, 0.5) is 0 Å². The molecule has 6 N–H and O–H groups in total. The van der Waals surface area contributed by atoms with Crippen molar-refractivity contribution < 1.29 is 24.9 Å². The van der Waals surface area contributed by atoms with Crippen molar-refractivity contribution in [3.05, 3.63) is 0 Å². The molecule has 0 radical (unpaired) electrons. The predicted octanol–water partition coefficient (Wildman–Crippen LogP) is -2.48.